The molecular formula is C11H9FO3. The van der Waals surface area contributed by atoms with Crippen LogP contribution in [0.2, 0.25) is 0 Å². The van der Waals surface area contributed by atoms with Gasteiger partial charge >= 0.3 is 5.97 Å². The molecule has 15 heavy (non-hydrogen) atoms. The number of carbonyl (C=O) groups is 2. The SMILES string of the molecule is C=CCOC(=O)C(=O)c1ccc(F)cc1. The highest BCUT2D eigenvalue weighted by atomic mass is 19.1. The van der Waals surface area contributed by atoms with Crippen LogP contribution >= 0.6 is 0 Å². The minimum atomic E-state index is -0.971. The fourth-order valence-corrected chi connectivity index (χ4v) is 0.919. The maximum atomic E-state index is 12.5. The molecule has 3 nitrogen and oxygen atoms in total. The third kappa shape index (κ3) is 3.02. The van der Waals surface area contributed by atoms with E-state index in [1.165, 1.54) is 18.2 Å². The van der Waals surface area contributed by atoms with Crippen molar-refractivity contribution in [2.45, 2.75) is 0 Å². The molecule has 0 N–H and O–H groups in total. The van der Waals surface area contributed by atoms with Crippen LogP contribution in [0.5, 0.6) is 0 Å². The number of benzene rings is 1. The van der Waals surface area contributed by atoms with E-state index in [0.29, 0.717) is 0 Å². The minimum Gasteiger partial charge on any atom is -0.455 e. The van der Waals surface area contributed by atoms with Crippen molar-refractivity contribution in [3.05, 3.63) is 48.3 Å². The average molecular weight is 208 g/mol. The van der Waals surface area contributed by atoms with Gasteiger partial charge in [0.15, 0.2) is 0 Å². The second-order valence-corrected chi connectivity index (χ2v) is 2.72. The summed E-state index contributed by atoms with van der Waals surface area (Å²) in [7, 11) is 0. The molecule has 0 unspecified atom stereocenters. The van der Waals surface area contributed by atoms with Gasteiger partial charge in [0.05, 0.1) is 0 Å². The maximum absolute atomic E-state index is 12.5. The number of Topliss-reactive ketones (excluding diaryl/α,β-unsaturated/α-hetero) is 1. The lowest BCUT2D eigenvalue weighted by Gasteiger charge is -2.00. The van der Waals surface area contributed by atoms with Gasteiger partial charge in [-0.2, -0.15) is 0 Å². The number of ether oxygens (including phenoxy) is 1. The van der Waals surface area contributed by atoms with E-state index in [9.17, 15) is 14.0 Å². The Labute approximate surface area is 86.2 Å². The van der Waals surface area contributed by atoms with Crippen LogP contribution in [0, 0.1) is 5.82 Å². The number of rotatable bonds is 4. The number of hydrogen-bond acceptors (Lipinski definition) is 3. The fraction of sp³-hybridized carbons (Fsp3) is 0.0909. The van der Waals surface area contributed by atoms with E-state index in [1.807, 2.05) is 0 Å². The van der Waals surface area contributed by atoms with E-state index < -0.39 is 17.6 Å². The highest BCUT2D eigenvalue weighted by molar-refractivity contribution is 6.40. The van der Waals surface area contributed by atoms with Gasteiger partial charge in [-0.1, -0.05) is 12.7 Å². The first-order valence-corrected chi connectivity index (χ1v) is 4.23. The Morgan fingerprint density at radius 1 is 1.33 bits per heavy atom. The first kappa shape index (κ1) is 11.1. The molecule has 0 spiro atoms. The molecule has 1 aromatic carbocycles. The molecule has 0 fully saturated rings. The molecule has 0 aliphatic rings. The van der Waals surface area contributed by atoms with Crippen LogP contribution in [0.3, 0.4) is 0 Å². The van der Waals surface area contributed by atoms with Gasteiger partial charge in [0.1, 0.15) is 12.4 Å². The van der Waals surface area contributed by atoms with E-state index in [-0.39, 0.29) is 12.2 Å². The van der Waals surface area contributed by atoms with Gasteiger partial charge in [0.2, 0.25) is 0 Å². The van der Waals surface area contributed by atoms with Crippen LogP contribution in [-0.4, -0.2) is 18.4 Å². The third-order valence-corrected chi connectivity index (χ3v) is 1.62. The summed E-state index contributed by atoms with van der Waals surface area (Å²) in [5, 5.41) is 0. The summed E-state index contributed by atoms with van der Waals surface area (Å²) in [5.74, 6) is -2.23. The molecule has 0 radical (unpaired) electrons. The Bertz CT molecular complexity index is 381. The third-order valence-electron chi connectivity index (χ3n) is 1.62. The van der Waals surface area contributed by atoms with Crippen LogP contribution in [0.1, 0.15) is 10.4 Å². The van der Waals surface area contributed by atoms with Crippen LogP contribution in [0.15, 0.2) is 36.9 Å². The topological polar surface area (TPSA) is 43.4 Å². The normalized spacial score (nSPS) is 9.40. The van der Waals surface area contributed by atoms with Gasteiger partial charge in [0.25, 0.3) is 5.78 Å². The molecule has 0 aromatic heterocycles. The number of carbonyl (C=O) groups excluding carboxylic acids is 2. The standard InChI is InChI=1S/C11H9FO3/c1-2-7-15-11(14)10(13)8-3-5-9(12)6-4-8/h2-6H,1,7H2. The zero-order chi connectivity index (χ0) is 11.3. The van der Waals surface area contributed by atoms with Gasteiger partial charge in [-0.15, -0.1) is 0 Å². The lowest BCUT2D eigenvalue weighted by Crippen LogP contribution is -2.17. The van der Waals surface area contributed by atoms with Crippen LogP contribution < -0.4 is 0 Å². The molecule has 0 heterocycles. The monoisotopic (exact) mass is 208 g/mol. The number of halogens is 1. The van der Waals surface area contributed by atoms with Crippen molar-refractivity contribution in [2.24, 2.45) is 0 Å². The molecule has 0 saturated carbocycles. The quantitative estimate of drug-likeness (QED) is 0.327. The first-order valence-electron chi connectivity index (χ1n) is 4.23. The fourth-order valence-electron chi connectivity index (χ4n) is 0.919. The molecule has 0 amide bonds. The first-order chi connectivity index (χ1) is 7.15. The number of esters is 1. The Kier molecular flexibility index (Phi) is 3.74. The molecule has 4 heteroatoms. The van der Waals surface area contributed by atoms with Gasteiger partial charge in [-0.25, -0.2) is 9.18 Å². The summed E-state index contributed by atoms with van der Waals surface area (Å²) in [4.78, 5) is 22.4. The van der Waals surface area contributed by atoms with Crippen molar-refractivity contribution < 1.29 is 18.7 Å². The van der Waals surface area contributed by atoms with E-state index in [1.54, 1.807) is 0 Å². The highest BCUT2D eigenvalue weighted by Gasteiger charge is 2.16. The lowest BCUT2D eigenvalue weighted by atomic mass is 10.1. The minimum absolute atomic E-state index is 0.0221. The Morgan fingerprint density at radius 2 is 1.93 bits per heavy atom. The predicted molar refractivity (Wildman–Crippen MR) is 51.9 cm³/mol. The summed E-state index contributed by atoms with van der Waals surface area (Å²) in [5.41, 5.74) is 0.102. The molecule has 78 valence electrons. The molecule has 0 atom stereocenters. The lowest BCUT2D eigenvalue weighted by molar-refractivity contribution is -0.136. The smallest absolute Gasteiger partial charge is 0.379 e. The van der Waals surface area contributed by atoms with Gasteiger partial charge in [-0.05, 0) is 24.3 Å². The van der Waals surface area contributed by atoms with Crippen molar-refractivity contribution in [2.75, 3.05) is 6.61 Å². The predicted octanol–water partition coefficient (Wildman–Crippen LogP) is 1.74. The zero-order valence-corrected chi connectivity index (χ0v) is 7.90. The molecule has 0 aliphatic carbocycles. The summed E-state index contributed by atoms with van der Waals surface area (Å²) in [6.07, 6.45) is 1.36. The van der Waals surface area contributed by atoms with E-state index >= 15 is 0 Å². The second-order valence-electron chi connectivity index (χ2n) is 2.72. The summed E-state index contributed by atoms with van der Waals surface area (Å²) < 4.78 is 17.1. The van der Waals surface area contributed by atoms with Gasteiger partial charge in [-0.3, -0.25) is 4.79 Å². The van der Waals surface area contributed by atoms with Crippen molar-refractivity contribution >= 4 is 11.8 Å². The number of hydrogen-bond donors (Lipinski definition) is 0. The van der Waals surface area contributed by atoms with Crippen molar-refractivity contribution in [3.8, 4) is 0 Å². The van der Waals surface area contributed by atoms with E-state index in [0.717, 1.165) is 12.1 Å². The maximum Gasteiger partial charge on any atom is 0.379 e. The summed E-state index contributed by atoms with van der Waals surface area (Å²) in [6, 6.07) is 4.67. The highest BCUT2D eigenvalue weighted by Crippen LogP contribution is 2.04. The van der Waals surface area contributed by atoms with Crippen molar-refractivity contribution in [3.63, 3.8) is 0 Å². The van der Waals surface area contributed by atoms with Gasteiger partial charge in [0, 0.05) is 5.56 Å². The average Bonchev–Trinajstić information content (AvgIpc) is 2.26. The molecule has 0 bridgehead atoms. The van der Waals surface area contributed by atoms with Gasteiger partial charge < -0.3 is 4.74 Å². The number of ketones is 1. The molecule has 0 saturated heterocycles. The van der Waals surface area contributed by atoms with Crippen molar-refractivity contribution in [1.82, 2.24) is 0 Å². The van der Waals surface area contributed by atoms with Crippen LogP contribution in [0.25, 0.3) is 0 Å². The Hall–Kier alpha value is -1.97. The molecule has 0 aliphatic heterocycles. The molecule has 1 aromatic rings. The Balaban J connectivity index is 2.72. The summed E-state index contributed by atoms with van der Waals surface area (Å²) >= 11 is 0. The zero-order valence-electron chi connectivity index (χ0n) is 7.90. The van der Waals surface area contributed by atoms with E-state index in [4.69, 9.17) is 0 Å². The molecular weight excluding hydrogens is 199 g/mol. The van der Waals surface area contributed by atoms with Crippen molar-refractivity contribution in [1.29, 1.82) is 0 Å². The molecule has 1 rings (SSSR count). The summed E-state index contributed by atoms with van der Waals surface area (Å²) in [6.45, 7) is 3.32. The van der Waals surface area contributed by atoms with E-state index in [2.05, 4.69) is 11.3 Å². The van der Waals surface area contributed by atoms with Crippen LogP contribution in [0.4, 0.5) is 4.39 Å². The van der Waals surface area contributed by atoms with Crippen LogP contribution in [-0.2, 0) is 9.53 Å². The second kappa shape index (κ2) is 5.05. The Morgan fingerprint density at radius 3 is 2.47 bits per heavy atom. The largest absolute Gasteiger partial charge is 0.455 e.